The fourth-order valence-corrected chi connectivity index (χ4v) is 3.72. The summed E-state index contributed by atoms with van der Waals surface area (Å²) in [5.41, 5.74) is 1.02. The van der Waals surface area contributed by atoms with E-state index in [4.69, 9.17) is 4.74 Å². The molecular formula is C19H21NO2S. The molecule has 1 aliphatic rings. The van der Waals surface area contributed by atoms with Crippen molar-refractivity contribution in [2.75, 3.05) is 13.2 Å². The topological polar surface area (TPSA) is 38.3 Å². The molecule has 23 heavy (non-hydrogen) atoms. The average molecular weight is 327 g/mol. The van der Waals surface area contributed by atoms with Gasteiger partial charge in [0, 0.05) is 18.0 Å². The summed E-state index contributed by atoms with van der Waals surface area (Å²) in [7, 11) is 0. The van der Waals surface area contributed by atoms with Gasteiger partial charge in [-0.2, -0.15) is 0 Å². The van der Waals surface area contributed by atoms with Gasteiger partial charge in [-0.1, -0.05) is 48.5 Å². The van der Waals surface area contributed by atoms with E-state index in [9.17, 15) is 4.79 Å². The summed E-state index contributed by atoms with van der Waals surface area (Å²) in [4.78, 5) is 13.8. The molecule has 1 aliphatic heterocycles. The van der Waals surface area contributed by atoms with Crippen LogP contribution in [0.2, 0.25) is 0 Å². The van der Waals surface area contributed by atoms with Crippen LogP contribution in [0.25, 0.3) is 0 Å². The maximum absolute atomic E-state index is 12.7. The quantitative estimate of drug-likeness (QED) is 0.820. The van der Waals surface area contributed by atoms with Gasteiger partial charge in [-0.05, 0) is 30.5 Å². The van der Waals surface area contributed by atoms with Crippen molar-refractivity contribution in [1.29, 1.82) is 0 Å². The summed E-state index contributed by atoms with van der Waals surface area (Å²) in [5, 5.41) is 2.81. The molecule has 3 nitrogen and oxygen atoms in total. The molecule has 1 N–H and O–H groups in total. The van der Waals surface area contributed by atoms with E-state index < -0.39 is 0 Å². The third-order valence-electron chi connectivity index (χ3n) is 3.87. The van der Waals surface area contributed by atoms with Crippen LogP contribution in [0.4, 0.5) is 0 Å². The molecule has 4 heteroatoms. The fourth-order valence-electron chi connectivity index (χ4n) is 2.65. The predicted octanol–water partition coefficient (Wildman–Crippen LogP) is 3.82. The average Bonchev–Trinajstić information content (AvgIpc) is 3.13. The highest BCUT2D eigenvalue weighted by Crippen LogP contribution is 2.35. The third kappa shape index (κ3) is 4.60. The second kappa shape index (κ2) is 8.18. The van der Waals surface area contributed by atoms with Crippen LogP contribution < -0.4 is 5.32 Å². The lowest BCUT2D eigenvalue weighted by Gasteiger charge is -2.18. The third-order valence-corrected chi connectivity index (χ3v) is 5.13. The van der Waals surface area contributed by atoms with Gasteiger partial charge in [-0.3, -0.25) is 4.79 Å². The maximum atomic E-state index is 12.7. The number of carbonyl (C=O) groups excluding carboxylic acids is 1. The van der Waals surface area contributed by atoms with E-state index in [2.05, 4.69) is 5.32 Å². The second-order valence-electron chi connectivity index (χ2n) is 5.60. The van der Waals surface area contributed by atoms with Crippen molar-refractivity contribution in [3.8, 4) is 0 Å². The van der Waals surface area contributed by atoms with E-state index >= 15 is 0 Å². The lowest BCUT2D eigenvalue weighted by molar-refractivity contribution is -0.121. The predicted molar refractivity (Wildman–Crippen MR) is 93.5 cm³/mol. The molecule has 1 heterocycles. The van der Waals surface area contributed by atoms with Crippen LogP contribution in [0.15, 0.2) is 65.6 Å². The van der Waals surface area contributed by atoms with E-state index in [1.165, 1.54) is 0 Å². The largest absolute Gasteiger partial charge is 0.376 e. The molecule has 2 atom stereocenters. The Morgan fingerprint density at radius 2 is 1.83 bits per heavy atom. The van der Waals surface area contributed by atoms with Gasteiger partial charge in [0.1, 0.15) is 5.25 Å². The number of carbonyl (C=O) groups is 1. The number of hydrogen-bond acceptors (Lipinski definition) is 3. The van der Waals surface area contributed by atoms with E-state index in [1.54, 1.807) is 11.8 Å². The number of amides is 1. The molecule has 0 unspecified atom stereocenters. The zero-order valence-electron chi connectivity index (χ0n) is 13.0. The SMILES string of the molecule is O=C(NC[C@H]1CCCO1)[C@H](Sc1ccccc1)c1ccccc1. The van der Waals surface area contributed by atoms with E-state index in [-0.39, 0.29) is 17.3 Å². The highest BCUT2D eigenvalue weighted by Gasteiger charge is 2.23. The fraction of sp³-hybridized carbons (Fsp3) is 0.316. The Hall–Kier alpha value is -1.78. The van der Waals surface area contributed by atoms with Crippen molar-refractivity contribution < 1.29 is 9.53 Å². The van der Waals surface area contributed by atoms with Gasteiger partial charge in [-0.25, -0.2) is 0 Å². The van der Waals surface area contributed by atoms with Gasteiger partial charge in [0.2, 0.25) is 5.91 Å². The number of ether oxygens (including phenoxy) is 1. The Bertz CT molecular complexity index is 612. The van der Waals surface area contributed by atoms with Gasteiger partial charge < -0.3 is 10.1 Å². The summed E-state index contributed by atoms with van der Waals surface area (Å²) >= 11 is 1.58. The molecule has 1 amide bonds. The molecule has 0 radical (unpaired) electrons. The van der Waals surface area contributed by atoms with Crippen LogP contribution in [-0.4, -0.2) is 25.2 Å². The van der Waals surface area contributed by atoms with Gasteiger partial charge in [-0.15, -0.1) is 11.8 Å². The molecule has 0 aliphatic carbocycles. The van der Waals surface area contributed by atoms with Crippen molar-refractivity contribution in [2.45, 2.75) is 29.1 Å². The Balaban J connectivity index is 1.70. The molecule has 1 saturated heterocycles. The molecule has 3 rings (SSSR count). The van der Waals surface area contributed by atoms with Crippen molar-refractivity contribution in [2.24, 2.45) is 0 Å². The van der Waals surface area contributed by atoms with Crippen LogP contribution in [-0.2, 0) is 9.53 Å². The number of rotatable bonds is 6. The van der Waals surface area contributed by atoms with Crippen LogP contribution >= 0.6 is 11.8 Å². The minimum Gasteiger partial charge on any atom is -0.376 e. The van der Waals surface area contributed by atoms with Gasteiger partial charge in [0.25, 0.3) is 0 Å². The second-order valence-corrected chi connectivity index (χ2v) is 6.78. The van der Waals surface area contributed by atoms with E-state index in [0.29, 0.717) is 6.54 Å². The highest BCUT2D eigenvalue weighted by atomic mass is 32.2. The Morgan fingerprint density at radius 1 is 1.13 bits per heavy atom. The Labute approximate surface area is 141 Å². The first kappa shape index (κ1) is 16.1. The summed E-state index contributed by atoms with van der Waals surface area (Å²) < 4.78 is 5.59. The molecule has 0 spiro atoms. The Morgan fingerprint density at radius 3 is 2.48 bits per heavy atom. The van der Waals surface area contributed by atoms with E-state index in [1.807, 2.05) is 60.7 Å². The van der Waals surface area contributed by atoms with Crippen LogP contribution in [0.3, 0.4) is 0 Å². The lowest BCUT2D eigenvalue weighted by atomic mass is 10.1. The van der Waals surface area contributed by atoms with Crippen molar-refractivity contribution in [1.82, 2.24) is 5.32 Å². The van der Waals surface area contributed by atoms with Crippen molar-refractivity contribution >= 4 is 17.7 Å². The number of nitrogens with one attached hydrogen (secondary N) is 1. The number of thioether (sulfide) groups is 1. The summed E-state index contributed by atoms with van der Waals surface area (Å²) in [5.74, 6) is 0.0422. The molecule has 1 fully saturated rings. The molecular weight excluding hydrogens is 306 g/mol. The first-order valence-electron chi connectivity index (χ1n) is 7.99. The van der Waals surface area contributed by atoms with Crippen molar-refractivity contribution in [3.05, 3.63) is 66.2 Å². The van der Waals surface area contributed by atoms with Gasteiger partial charge >= 0.3 is 0 Å². The first-order valence-corrected chi connectivity index (χ1v) is 8.87. The molecule has 2 aromatic carbocycles. The minimum absolute atomic E-state index is 0.0422. The van der Waals surface area contributed by atoms with Crippen LogP contribution in [0.5, 0.6) is 0 Å². The monoisotopic (exact) mass is 327 g/mol. The first-order chi connectivity index (χ1) is 11.3. The molecule has 0 aromatic heterocycles. The highest BCUT2D eigenvalue weighted by molar-refractivity contribution is 8.00. The molecule has 0 bridgehead atoms. The Kier molecular flexibility index (Phi) is 5.72. The van der Waals surface area contributed by atoms with Gasteiger partial charge in [0.05, 0.1) is 6.10 Å². The molecule has 2 aromatic rings. The zero-order valence-corrected chi connectivity index (χ0v) is 13.8. The normalized spacial score (nSPS) is 18.5. The number of hydrogen-bond donors (Lipinski definition) is 1. The van der Waals surface area contributed by atoms with Crippen LogP contribution in [0, 0.1) is 0 Å². The zero-order chi connectivity index (χ0) is 15.9. The standard InChI is InChI=1S/C19H21NO2S/c21-19(20-14-16-10-7-13-22-16)18(15-8-3-1-4-9-15)23-17-11-5-2-6-12-17/h1-6,8-9,11-12,16,18H,7,10,13-14H2,(H,20,21)/t16-,18-/m1/s1. The van der Waals surface area contributed by atoms with Crippen LogP contribution in [0.1, 0.15) is 23.7 Å². The minimum atomic E-state index is -0.250. The van der Waals surface area contributed by atoms with Gasteiger partial charge in [0.15, 0.2) is 0 Å². The summed E-state index contributed by atoms with van der Waals surface area (Å²) in [6, 6.07) is 20.0. The number of benzene rings is 2. The maximum Gasteiger partial charge on any atom is 0.238 e. The smallest absolute Gasteiger partial charge is 0.238 e. The molecule has 120 valence electrons. The summed E-state index contributed by atoms with van der Waals surface area (Å²) in [6.45, 7) is 1.40. The van der Waals surface area contributed by atoms with Crippen molar-refractivity contribution in [3.63, 3.8) is 0 Å². The van der Waals surface area contributed by atoms with E-state index in [0.717, 1.165) is 29.9 Å². The molecule has 0 saturated carbocycles. The lowest BCUT2D eigenvalue weighted by Crippen LogP contribution is -2.34. The summed E-state index contributed by atoms with van der Waals surface area (Å²) in [6.07, 6.45) is 2.28.